The van der Waals surface area contributed by atoms with E-state index < -0.39 is 6.10 Å². The second kappa shape index (κ2) is 6.61. The number of rotatable bonds is 4. The Labute approximate surface area is 119 Å². The molecule has 5 heteroatoms. The van der Waals surface area contributed by atoms with E-state index in [1.807, 2.05) is 19.1 Å². The number of piperidine rings is 1. The summed E-state index contributed by atoms with van der Waals surface area (Å²) in [6, 6.07) is 7.22. The zero-order valence-electron chi connectivity index (χ0n) is 11.9. The molecule has 0 radical (unpaired) electrons. The Morgan fingerprint density at radius 1 is 1.40 bits per heavy atom. The van der Waals surface area contributed by atoms with Gasteiger partial charge in [-0.05, 0) is 24.5 Å². The molecule has 20 heavy (non-hydrogen) atoms. The van der Waals surface area contributed by atoms with Gasteiger partial charge in [0.2, 0.25) is 0 Å². The van der Waals surface area contributed by atoms with Crippen LogP contribution in [0.2, 0.25) is 0 Å². The molecule has 0 aromatic heterocycles. The van der Waals surface area contributed by atoms with Crippen molar-refractivity contribution >= 4 is 5.91 Å². The highest BCUT2D eigenvalue weighted by Crippen LogP contribution is 2.26. The number of likely N-dealkylation sites (tertiary alicyclic amines) is 1. The van der Waals surface area contributed by atoms with Crippen molar-refractivity contribution in [2.75, 3.05) is 26.8 Å². The van der Waals surface area contributed by atoms with Gasteiger partial charge < -0.3 is 19.5 Å². The van der Waals surface area contributed by atoms with Crippen LogP contribution in [0.1, 0.15) is 13.3 Å². The smallest absolute Gasteiger partial charge is 0.260 e. The number of amides is 1. The van der Waals surface area contributed by atoms with Crippen LogP contribution in [0, 0.1) is 5.92 Å². The van der Waals surface area contributed by atoms with Gasteiger partial charge in [0.1, 0.15) is 0 Å². The molecule has 0 aliphatic carbocycles. The summed E-state index contributed by atoms with van der Waals surface area (Å²) in [5, 5.41) is 9.81. The molecule has 0 spiro atoms. The number of para-hydroxylation sites is 2. The summed E-state index contributed by atoms with van der Waals surface area (Å²) in [5.41, 5.74) is 0. The van der Waals surface area contributed by atoms with Crippen LogP contribution in [0.4, 0.5) is 0 Å². The lowest BCUT2D eigenvalue weighted by Gasteiger charge is -2.34. The molecular weight excluding hydrogens is 258 g/mol. The molecule has 1 fully saturated rings. The maximum Gasteiger partial charge on any atom is 0.260 e. The minimum absolute atomic E-state index is 0.0402. The van der Waals surface area contributed by atoms with Crippen molar-refractivity contribution in [2.24, 2.45) is 5.92 Å². The standard InChI is InChI=1S/C15H21NO4/c1-11-7-8-16(9-12(11)17)15(18)10-20-14-6-4-3-5-13(14)19-2/h3-6,11-12,17H,7-10H2,1-2H3. The Morgan fingerprint density at radius 2 is 2.10 bits per heavy atom. The van der Waals surface area contributed by atoms with Crippen molar-refractivity contribution in [3.05, 3.63) is 24.3 Å². The fraction of sp³-hybridized carbons (Fsp3) is 0.533. The molecule has 1 N–H and O–H groups in total. The number of aliphatic hydroxyl groups excluding tert-OH is 1. The SMILES string of the molecule is COc1ccccc1OCC(=O)N1CCC(C)C(O)C1. The minimum Gasteiger partial charge on any atom is -0.493 e. The van der Waals surface area contributed by atoms with Crippen LogP contribution < -0.4 is 9.47 Å². The van der Waals surface area contributed by atoms with Gasteiger partial charge in [-0.15, -0.1) is 0 Å². The molecule has 1 amide bonds. The molecule has 2 unspecified atom stereocenters. The van der Waals surface area contributed by atoms with Crippen LogP contribution in [-0.4, -0.2) is 48.8 Å². The number of benzene rings is 1. The van der Waals surface area contributed by atoms with E-state index in [4.69, 9.17) is 9.47 Å². The third kappa shape index (κ3) is 3.42. The monoisotopic (exact) mass is 279 g/mol. The Bertz CT molecular complexity index is 463. The first kappa shape index (κ1) is 14.7. The summed E-state index contributed by atoms with van der Waals surface area (Å²) in [6.07, 6.45) is 0.376. The Balaban J connectivity index is 1.89. The van der Waals surface area contributed by atoms with E-state index in [1.54, 1.807) is 24.1 Å². The van der Waals surface area contributed by atoms with E-state index in [-0.39, 0.29) is 18.4 Å². The highest BCUT2D eigenvalue weighted by atomic mass is 16.5. The van der Waals surface area contributed by atoms with E-state index in [1.165, 1.54) is 0 Å². The summed E-state index contributed by atoms with van der Waals surface area (Å²) < 4.78 is 10.7. The van der Waals surface area contributed by atoms with E-state index in [9.17, 15) is 9.90 Å². The number of carbonyl (C=O) groups is 1. The number of nitrogens with zero attached hydrogens (tertiary/aromatic N) is 1. The molecule has 1 aromatic rings. The van der Waals surface area contributed by atoms with Crippen molar-refractivity contribution < 1.29 is 19.4 Å². The maximum absolute atomic E-state index is 12.1. The lowest BCUT2D eigenvalue weighted by atomic mass is 9.96. The van der Waals surface area contributed by atoms with Crippen LogP contribution in [0.3, 0.4) is 0 Å². The normalized spacial score (nSPS) is 22.4. The average molecular weight is 279 g/mol. The molecule has 1 saturated heterocycles. The number of methoxy groups -OCH3 is 1. The molecule has 0 saturated carbocycles. The number of aliphatic hydroxyl groups is 1. The molecule has 2 atom stereocenters. The minimum atomic E-state index is -0.445. The Hall–Kier alpha value is -1.75. The summed E-state index contributed by atoms with van der Waals surface area (Å²) in [5.74, 6) is 1.29. The molecule has 1 heterocycles. The van der Waals surface area contributed by atoms with E-state index in [0.29, 0.717) is 24.6 Å². The largest absolute Gasteiger partial charge is 0.493 e. The third-order valence-electron chi connectivity index (χ3n) is 3.69. The predicted molar refractivity (Wildman–Crippen MR) is 74.9 cm³/mol. The lowest BCUT2D eigenvalue weighted by molar-refractivity contribution is -0.137. The second-order valence-electron chi connectivity index (χ2n) is 5.11. The first-order valence-corrected chi connectivity index (χ1v) is 6.83. The van der Waals surface area contributed by atoms with Crippen molar-refractivity contribution in [1.82, 2.24) is 4.90 Å². The first-order valence-electron chi connectivity index (χ1n) is 6.83. The number of β-amino-alcohol motifs (C(OH)–C–C–N with tert-alkyl or cyclic N) is 1. The second-order valence-corrected chi connectivity index (χ2v) is 5.11. The van der Waals surface area contributed by atoms with Crippen LogP contribution in [0.25, 0.3) is 0 Å². The van der Waals surface area contributed by atoms with Gasteiger partial charge in [0.05, 0.1) is 13.2 Å². The number of ether oxygens (including phenoxy) is 2. The molecule has 1 aliphatic rings. The molecule has 0 bridgehead atoms. The van der Waals surface area contributed by atoms with Crippen LogP contribution in [0.15, 0.2) is 24.3 Å². The van der Waals surface area contributed by atoms with Crippen molar-refractivity contribution in [1.29, 1.82) is 0 Å². The van der Waals surface area contributed by atoms with Gasteiger partial charge in [0.25, 0.3) is 5.91 Å². The number of carbonyl (C=O) groups excluding carboxylic acids is 1. The zero-order chi connectivity index (χ0) is 14.5. The highest BCUT2D eigenvalue weighted by Gasteiger charge is 2.27. The predicted octanol–water partition coefficient (Wildman–Crippen LogP) is 1.30. The summed E-state index contributed by atoms with van der Waals surface area (Å²) >= 11 is 0. The number of hydrogen-bond donors (Lipinski definition) is 1. The van der Waals surface area contributed by atoms with Gasteiger partial charge in [0, 0.05) is 13.1 Å². The summed E-state index contributed by atoms with van der Waals surface area (Å²) in [7, 11) is 1.56. The molecule has 110 valence electrons. The lowest BCUT2D eigenvalue weighted by Crippen LogP contribution is -2.47. The van der Waals surface area contributed by atoms with Gasteiger partial charge in [-0.25, -0.2) is 0 Å². The quantitative estimate of drug-likeness (QED) is 0.902. The summed E-state index contributed by atoms with van der Waals surface area (Å²) in [6.45, 7) is 3.01. The van der Waals surface area contributed by atoms with E-state index in [0.717, 1.165) is 6.42 Å². The third-order valence-corrected chi connectivity index (χ3v) is 3.69. The molecule has 1 aliphatic heterocycles. The van der Waals surface area contributed by atoms with Crippen molar-refractivity contribution in [3.63, 3.8) is 0 Å². The molecule has 5 nitrogen and oxygen atoms in total. The van der Waals surface area contributed by atoms with Crippen LogP contribution in [0.5, 0.6) is 11.5 Å². The van der Waals surface area contributed by atoms with Crippen molar-refractivity contribution in [3.8, 4) is 11.5 Å². The van der Waals surface area contributed by atoms with Gasteiger partial charge in [0.15, 0.2) is 18.1 Å². The maximum atomic E-state index is 12.1. The highest BCUT2D eigenvalue weighted by molar-refractivity contribution is 5.78. The fourth-order valence-corrected chi connectivity index (χ4v) is 2.24. The Morgan fingerprint density at radius 3 is 2.75 bits per heavy atom. The first-order chi connectivity index (χ1) is 9.61. The van der Waals surface area contributed by atoms with Gasteiger partial charge in [-0.2, -0.15) is 0 Å². The zero-order valence-corrected chi connectivity index (χ0v) is 11.9. The Kier molecular flexibility index (Phi) is 4.84. The average Bonchev–Trinajstić information content (AvgIpc) is 2.47. The van der Waals surface area contributed by atoms with Crippen molar-refractivity contribution in [2.45, 2.75) is 19.4 Å². The molecular formula is C15H21NO4. The van der Waals surface area contributed by atoms with Crippen LogP contribution in [-0.2, 0) is 4.79 Å². The molecule has 1 aromatic carbocycles. The van der Waals surface area contributed by atoms with E-state index >= 15 is 0 Å². The van der Waals surface area contributed by atoms with Gasteiger partial charge in [-0.3, -0.25) is 4.79 Å². The van der Waals surface area contributed by atoms with Crippen LogP contribution >= 0.6 is 0 Å². The number of hydrogen-bond acceptors (Lipinski definition) is 4. The topological polar surface area (TPSA) is 59.0 Å². The molecule has 2 rings (SSSR count). The summed E-state index contributed by atoms with van der Waals surface area (Å²) in [4.78, 5) is 13.7. The fourth-order valence-electron chi connectivity index (χ4n) is 2.24. The van der Waals surface area contributed by atoms with E-state index in [2.05, 4.69) is 0 Å². The van der Waals surface area contributed by atoms with Gasteiger partial charge in [-0.1, -0.05) is 19.1 Å². The van der Waals surface area contributed by atoms with Gasteiger partial charge >= 0.3 is 0 Å².